The van der Waals surface area contributed by atoms with Crippen LogP contribution in [0.4, 0.5) is 0 Å². The minimum Gasteiger partial charge on any atom is -0.349 e. The molecule has 0 aromatic rings. The summed E-state index contributed by atoms with van der Waals surface area (Å²) < 4.78 is 0. The molecule has 0 unspecified atom stereocenters. The molecule has 0 saturated carbocycles. The van der Waals surface area contributed by atoms with Gasteiger partial charge in [-0.15, -0.1) is 0 Å². The third-order valence-electron chi connectivity index (χ3n) is 1.55. The third-order valence-corrected chi connectivity index (χ3v) is 1.55. The molecule has 1 fully saturated rings. The second-order valence-electron chi connectivity index (χ2n) is 2.29. The summed E-state index contributed by atoms with van der Waals surface area (Å²) in [4.78, 5) is 1.87. The zero-order chi connectivity index (χ0) is 5.98. The first-order chi connectivity index (χ1) is 3.80. The molecule has 1 atom stereocenters. The molecule has 1 saturated heterocycles. The second kappa shape index (κ2) is 2.51. The van der Waals surface area contributed by atoms with E-state index in [1.54, 1.807) is 0 Å². The maximum atomic E-state index is 5.57. The van der Waals surface area contributed by atoms with Crippen molar-refractivity contribution in [3.05, 3.63) is 0 Å². The summed E-state index contributed by atoms with van der Waals surface area (Å²) in [5.74, 6) is 0. The van der Waals surface area contributed by atoms with Crippen molar-refractivity contribution in [2.75, 3.05) is 19.6 Å². The molecule has 0 aromatic carbocycles. The van der Waals surface area contributed by atoms with Gasteiger partial charge in [0.2, 0.25) is 0 Å². The summed E-state index contributed by atoms with van der Waals surface area (Å²) in [7, 11) is 5.57. The highest BCUT2D eigenvalue weighted by molar-refractivity contribution is 6.04. The zero-order valence-corrected chi connectivity index (χ0v) is 5.22. The topological polar surface area (TPSA) is 15.3 Å². The third kappa shape index (κ3) is 1.23. The maximum Gasteiger partial charge on any atom is 0.182 e. The molecule has 3 heteroatoms. The lowest BCUT2D eigenvalue weighted by Crippen LogP contribution is -2.48. The van der Waals surface area contributed by atoms with Crippen LogP contribution in [0.3, 0.4) is 0 Å². The Hall–Kier alpha value is -0.0151. The van der Waals surface area contributed by atoms with E-state index < -0.39 is 0 Å². The fraction of sp³-hybridized carbons (Fsp3) is 1.00. The first-order valence-corrected chi connectivity index (χ1v) is 3.03. The molecule has 1 rings (SSSR count). The lowest BCUT2D eigenvalue weighted by molar-refractivity contribution is 0.297. The van der Waals surface area contributed by atoms with Crippen molar-refractivity contribution >= 4 is 7.98 Å². The van der Waals surface area contributed by atoms with Crippen LogP contribution >= 0.6 is 0 Å². The maximum absolute atomic E-state index is 5.57. The smallest absolute Gasteiger partial charge is 0.182 e. The molecule has 0 bridgehead atoms. The molecule has 2 nitrogen and oxygen atoms in total. The van der Waals surface area contributed by atoms with Crippen LogP contribution in [0.1, 0.15) is 6.92 Å². The molecule has 0 spiro atoms. The van der Waals surface area contributed by atoms with E-state index >= 15 is 0 Å². The van der Waals surface area contributed by atoms with E-state index in [0.29, 0.717) is 6.04 Å². The van der Waals surface area contributed by atoms with Gasteiger partial charge in [-0.3, -0.25) is 0 Å². The van der Waals surface area contributed by atoms with Crippen molar-refractivity contribution in [1.29, 1.82) is 0 Å². The minimum absolute atomic E-state index is 0.503. The number of hydrogen-bond acceptors (Lipinski definition) is 2. The molecule has 8 heavy (non-hydrogen) atoms. The number of nitrogens with zero attached hydrogens (tertiary/aromatic N) is 1. The first kappa shape index (κ1) is 6.11. The van der Waals surface area contributed by atoms with Gasteiger partial charge in [0.05, 0.1) is 0 Å². The van der Waals surface area contributed by atoms with Gasteiger partial charge in [-0.1, -0.05) is 0 Å². The SMILES string of the molecule is [B]N1CCNC[C@@H]1C. The number of hydrogen-bond donors (Lipinski definition) is 1. The fourth-order valence-electron chi connectivity index (χ4n) is 0.857. The molecule has 1 aliphatic heterocycles. The van der Waals surface area contributed by atoms with E-state index in [1.165, 1.54) is 0 Å². The van der Waals surface area contributed by atoms with E-state index in [-0.39, 0.29) is 0 Å². The Kier molecular flexibility index (Phi) is 1.92. The molecule has 1 aliphatic rings. The Morgan fingerprint density at radius 1 is 1.75 bits per heavy atom. The summed E-state index contributed by atoms with van der Waals surface area (Å²) >= 11 is 0. The van der Waals surface area contributed by atoms with Gasteiger partial charge in [0.15, 0.2) is 7.98 Å². The number of nitrogens with one attached hydrogen (secondary N) is 1. The normalized spacial score (nSPS) is 32.9. The van der Waals surface area contributed by atoms with Gasteiger partial charge in [-0.2, -0.15) is 0 Å². The second-order valence-corrected chi connectivity index (χ2v) is 2.29. The van der Waals surface area contributed by atoms with E-state index in [1.807, 2.05) is 4.81 Å². The molecule has 1 N–H and O–H groups in total. The van der Waals surface area contributed by atoms with Gasteiger partial charge in [0, 0.05) is 19.1 Å². The average molecular weight is 110 g/mol. The van der Waals surface area contributed by atoms with Crippen LogP contribution in [-0.4, -0.2) is 38.5 Å². The number of rotatable bonds is 0. The van der Waals surface area contributed by atoms with E-state index in [2.05, 4.69) is 12.2 Å². The Bertz CT molecular complexity index is 66.8. The Morgan fingerprint density at radius 2 is 2.50 bits per heavy atom. The predicted molar refractivity (Wildman–Crippen MR) is 34.8 cm³/mol. The van der Waals surface area contributed by atoms with Crippen molar-refractivity contribution in [1.82, 2.24) is 10.1 Å². The van der Waals surface area contributed by atoms with E-state index in [0.717, 1.165) is 19.6 Å². The summed E-state index contributed by atoms with van der Waals surface area (Å²) in [6, 6.07) is 0.503. The van der Waals surface area contributed by atoms with Gasteiger partial charge >= 0.3 is 0 Å². The summed E-state index contributed by atoms with van der Waals surface area (Å²) in [5.41, 5.74) is 0. The largest absolute Gasteiger partial charge is 0.349 e. The van der Waals surface area contributed by atoms with Crippen molar-refractivity contribution in [2.45, 2.75) is 13.0 Å². The number of piperazine rings is 1. The highest BCUT2D eigenvalue weighted by Crippen LogP contribution is 1.95. The van der Waals surface area contributed by atoms with Crippen LogP contribution in [0.25, 0.3) is 0 Å². The lowest BCUT2D eigenvalue weighted by atomic mass is 10.1. The van der Waals surface area contributed by atoms with E-state index in [4.69, 9.17) is 7.98 Å². The molecule has 0 aromatic heterocycles. The van der Waals surface area contributed by atoms with Crippen molar-refractivity contribution in [2.24, 2.45) is 0 Å². The minimum atomic E-state index is 0.503. The molecular formula is C5H11BN2. The fourth-order valence-corrected chi connectivity index (χ4v) is 0.857. The monoisotopic (exact) mass is 110 g/mol. The summed E-state index contributed by atoms with van der Waals surface area (Å²) in [6.07, 6.45) is 0. The standard InChI is InChI=1S/C5H11BN2/c1-5-4-7-2-3-8(5)6/h5,7H,2-4H2,1H3/t5-/m0/s1. The van der Waals surface area contributed by atoms with Crippen LogP contribution in [0.2, 0.25) is 0 Å². The molecule has 2 radical (unpaired) electrons. The van der Waals surface area contributed by atoms with E-state index in [9.17, 15) is 0 Å². The molecule has 1 heterocycles. The average Bonchev–Trinajstić information content (AvgIpc) is 1.77. The van der Waals surface area contributed by atoms with Crippen LogP contribution in [0, 0.1) is 0 Å². The van der Waals surface area contributed by atoms with Gasteiger partial charge in [-0.05, 0) is 13.5 Å². The highest BCUT2D eigenvalue weighted by Gasteiger charge is 2.11. The predicted octanol–water partition coefficient (Wildman–Crippen LogP) is -0.636. The van der Waals surface area contributed by atoms with Crippen molar-refractivity contribution in [3.8, 4) is 0 Å². The molecule has 0 amide bonds. The van der Waals surface area contributed by atoms with Crippen LogP contribution in [0.15, 0.2) is 0 Å². The van der Waals surface area contributed by atoms with Crippen molar-refractivity contribution in [3.63, 3.8) is 0 Å². The lowest BCUT2D eigenvalue weighted by Gasteiger charge is -2.30. The Morgan fingerprint density at radius 3 is 2.88 bits per heavy atom. The Labute approximate surface area is 51.7 Å². The van der Waals surface area contributed by atoms with Gasteiger partial charge < -0.3 is 10.1 Å². The van der Waals surface area contributed by atoms with Gasteiger partial charge in [-0.25, -0.2) is 0 Å². The Balaban J connectivity index is 2.28. The van der Waals surface area contributed by atoms with Gasteiger partial charge in [0.25, 0.3) is 0 Å². The summed E-state index contributed by atoms with van der Waals surface area (Å²) in [5, 5.41) is 3.24. The summed E-state index contributed by atoms with van der Waals surface area (Å²) in [6.45, 7) is 5.14. The van der Waals surface area contributed by atoms with Crippen LogP contribution < -0.4 is 5.32 Å². The van der Waals surface area contributed by atoms with Crippen LogP contribution in [0.5, 0.6) is 0 Å². The molecule has 44 valence electrons. The van der Waals surface area contributed by atoms with Gasteiger partial charge in [0.1, 0.15) is 0 Å². The molecular weight excluding hydrogens is 98.9 g/mol. The van der Waals surface area contributed by atoms with Crippen LogP contribution in [-0.2, 0) is 0 Å². The zero-order valence-electron chi connectivity index (χ0n) is 5.22. The van der Waals surface area contributed by atoms with Crippen molar-refractivity contribution < 1.29 is 0 Å². The first-order valence-electron chi connectivity index (χ1n) is 3.03. The highest BCUT2D eigenvalue weighted by atomic mass is 15.1. The molecule has 0 aliphatic carbocycles. The quantitative estimate of drug-likeness (QED) is 0.417.